The number of aromatic hydroxyl groups is 2. The van der Waals surface area contributed by atoms with E-state index in [1.54, 1.807) is 13.2 Å². The van der Waals surface area contributed by atoms with Crippen molar-refractivity contribution in [3.05, 3.63) is 53.2 Å². The van der Waals surface area contributed by atoms with Crippen LogP contribution in [0.5, 0.6) is 11.5 Å². The predicted molar refractivity (Wildman–Crippen MR) is 126 cm³/mol. The Labute approximate surface area is 193 Å². The summed E-state index contributed by atoms with van der Waals surface area (Å²) in [5, 5.41) is 30.9. The SMILES string of the molecule is CCNC(=O)c1noc(-c2cc(C(C)C)c(O)cc2O)c1-c1ccc(CNCCOC)cc1. The molecule has 3 rings (SSSR count). The summed E-state index contributed by atoms with van der Waals surface area (Å²) in [6, 6.07) is 10.7. The molecule has 0 radical (unpaired) electrons. The van der Waals surface area contributed by atoms with Crippen LogP contribution in [-0.2, 0) is 11.3 Å². The number of ether oxygens (including phenoxy) is 1. The van der Waals surface area contributed by atoms with Gasteiger partial charge in [-0.15, -0.1) is 0 Å². The number of benzene rings is 2. The van der Waals surface area contributed by atoms with E-state index in [2.05, 4.69) is 15.8 Å². The molecule has 0 saturated carbocycles. The second-order valence-corrected chi connectivity index (χ2v) is 8.04. The van der Waals surface area contributed by atoms with Crippen molar-refractivity contribution in [2.75, 3.05) is 26.8 Å². The van der Waals surface area contributed by atoms with Crippen molar-refractivity contribution in [1.29, 1.82) is 0 Å². The first-order chi connectivity index (χ1) is 15.9. The van der Waals surface area contributed by atoms with E-state index in [1.165, 1.54) is 6.07 Å². The van der Waals surface area contributed by atoms with E-state index < -0.39 is 0 Å². The molecule has 0 bridgehead atoms. The Kier molecular flexibility index (Phi) is 8.08. The first-order valence-electron chi connectivity index (χ1n) is 11.0. The molecule has 0 spiro atoms. The number of methoxy groups -OCH3 is 1. The molecule has 2 aromatic carbocycles. The lowest BCUT2D eigenvalue weighted by Crippen LogP contribution is -2.23. The highest BCUT2D eigenvalue weighted by molar-refractivity contribution is 6.02. The first kappa shape index (κ1) is 24.3. The van der Waals surface area contributed by atoms with Gasteiger partial charge < -0.3 is 30.1 Å². The molecule has 0 atom stereocenters. The number of amides is 1. The predicted octanol–water partition coefficient (Wildman–Crippen LogP) is 4.03. The number of hydrogen-bond donors (Lipinski definition) is 4. The Bertz CT molecular complexity index is 1090. The fourth-order valence-electron chi connectivity index (χ4n) is 3.58. The van der Waals surface area contributed by atoms with Gasteiger partial charge in [-0.25, -0.2) is 0 Å². The molecule has 176 valence electrons. The second-order valence-electron chi connectivity index (χ2n) is 8.04. The number of nitrogens with zero attached hydrogens (tertiary/aromatic N) is 1. The minimum atomic E-state index is -0.366. The number of phenolic OH excluding ortho intramolecular Hbond substituents is 2. The molecule has 0 aliphatic rings. The number of carbonyl (C=O) groups is 1. The third-order valence-corrected chi connectivity index (χ3v) is 5.31. The molecule has 0 aliphatic carbocycles. The van der Waals surface area contributed by atoms with Crippen molar-refractivity contribution in [2.45, 2.75) is 33.2 Å². The van der Waals surface area contributed by atoms with Crippen molar-refractivity contribution in [1.82, 2.24) is 15.8 Å². The van der Waals surface area contributed by atoms with Crippen molar-refractivity contribution < 1.29 is 24.3 Å². The van der Waals surface area contributed by atoms with E-state index in [1.807, 2.05) is 45.0 Å². The Morgan fingerprint density at radius 2 is 1.88 bits per heavy atom. The van der Waals surface area contributed by atoms with Crippen molar-refractivity contribution in [2.24, 2.45) is 0 Å². The molecule has 1 amide bonds. The molecule has 3 aromatic rings. The molecule has 33 heavy (non-hydrogen) atoms. The second kappa shape index (κ2) is 11.0. The molecule has 1 aromatic heterocycles. The molecule has 1 heterocycles. The van der Waals surface area contributed by atoms with E-state index >= 15 is 0 Å². The molecular weight excluding hydrogens is 422 g/mol. The largest absolute Gasteiger partial charge is 0.508 e. The molecule has 8 nitrogen and oxygen atoms in total. The van der Waals surface area contributed by atoms with Crippen LogP contribution in [0.4, 0.5) is 0 Å². The van der Waals surface area contributed by atoms with E-state index in [0.717, 1.165) is 17.7 Å². The van der Waals surface area contributed by atoms with Crippen molar-refractivity contribution in [3.8, 4) is 33.9 Å². The highest BCUT2D eigenvalue weighted by Gasteiger charge is 2.27. The average molecular weight is 454 g/mol. The van der Waals surface area contributed by atoms with Gasteiger partial charge in [0.05, 0.1) is 17.7 Å². The standard InChI is InChI=1S/C25H31N3O5/c1-5-27-25(31)23-22(17-8-6-16(7-9-17)14-26-10-11-32-4)24(33-28-23)19-12-18(15(2)3)20(29)13-21(19)30/h6-9,12-13,15,26,29-30H,5,10-11,14H2,1-4H3,(H,27,31). The molecule has 8 heteroatoms. The average Bonchev–Trinajstić information content (AvgIpc) is 3.22. The van der Waals surface area contributed by atoms with Gasteiger partial charge in [-0.1, -0.05) is 43.3 Å². The van der Waals surface area contributed by atoms with Gasteiger partial charge in [-0.2, -0.15) is 0 Å². The zero-order chi connectivity index (χ0) is 24.0. The molecule has 0 saturated heterocycles. The van der Waals surface area contributed by atoms with Gasteiger partial charge in [0.2, 0.25) is 0 Å². The first-order valence-corrected chi connectivity index (χ1v) is 11.0. The summed E-state index contributed by atoms with van der Waals surface area (Å²) in [7, 11) is 1.66. The minimum absolute atomic E-state index is 0.00147. The summed E-state index contributed by atoms with van der Waals surface area (Å²) >= 11 is 0. The highest BCUT2D eigenvalue weighted by atomic mass is 16.5. The summed E-state index contributed by atoms with van der Waals surface area (Å²) in [5.41, 5.74) is 3.43. The van der Waals surface area contributed by atoms with Gasteiger partial charge >= 0.3 is 0 Å². The Hall–Kier alpha value is -3.36. The maximum Gasteiger partial charge on any atom is 0.274 e. The van der Waals surface area contributed by atoms with Gasteiger partial charge in [-0.3, -0.25) is 4.79 Å². The lowest BCUT2D eigenvalue weighted by Gasteiger charge is -2.12. The van der Waals surface area contributed by atoms with Crippen LogP contribution in [0.2, 0.25) is 0 Å². The Morgan fingerprint density at radius 1 is 1.15 bits per heavy atom. The smallest absolute Gasteiger partial charge is 0.274 e. The number of rotatable bonds is 10. The van der Waals surface area contributed by atoms with Gasteiger partial charge in [0.25, 0.3) is 5.91 Å². The maximum atomic E-state index is 12.7. The quantitative estimate of drug-likeness (QED) is 0.342. The molecule has 4 N–H and O–H groups in total. The Balaban J connectivity index is 2.06. The van der Waals surface area contributed by atoms with Gasteiger partial charge in [0.15, 0.2) is 11.5 Å². The summed E-state index contributed by atoms with van der Waals surface area (Å²) in [5.74, 6) is -0.238. The van der Waals surface area contributed by atoms with Crippen LogP contribution >= 0.6 is 0 Å². The number of nitrogens with one attached hydrogen (secondary N) is 2. The fraction of sp³-hybridized carbons (Fsp3) is 0.360. The molecular formula is C25H31N3O5. The molecule has 0 aliphatic heterocycles. The van der Waals surface area contributed by atoms with Crippen LogP contribution < -0.4 is 10.6 Å². The Morgan fingerprint density at radius 3 is 2.52 bits per heavy atom. The third kappa shape index (κ3) is 5.53. The van der Waals surface area contributed by atoms with Crippen LogP contribution in [0, 0.1) is 0 Å². The summed E-state index contributed by atoms with van der Waals surface area (Å²) in [6.45, 7) is 8.20. The van der Waals surface area contributed by atoms with Crippen LogP contribution in [-0.4, -0.2) is 48.1 Å². The van der Waals surface area contributed by atoms with E-state index in [0.29, 0.717) is 36.4 Å². The van der Waals surface area contributed by atoms with Crippen LogP contribution in [0.3, 0.4) is 0 Å². The summed E-state index contributed by atoms with van der Waals surface area (Å²) in [6.07, 6.45) is 0. The normalized spacial score (nSPS) is 11.2. The molecule has 0 unspecified atom stereocenters. The molecule has 0 fully saturated rings. The fourth-order valence-corrected chi connectivity index (χ4v) is 3.58. The maximum absolute atomic E-state index is 12.7. The third-order valence-electron chi connectivity index (χ3n) is 5.31. The zero-order valence-corrected chi connectivity index (χ0v) is 19.4. The van der Waals surface area contributed by atoms with Crippen LogP contribution in [0.1, 0.15) is 48.3 Å². The van der Waals surface area contributed by atoms with E-state index in [-0.39, 0.29) is 34.8 Å². The highest BCUT2D eigenvalue weighted by Crippen LogP contribution is 2.43. The topological polar surface area (TPSA) is 117 Å². The van der Waals surface area contributed by atoms with Gasteiger partial charge in [0.1, 0.15) is 11.5 Å². The van der Waals surface area contributed by atoms with Crippen LogP contribution in [0.15, 0.2) is 40.9 Å². The number of aromatic nitrogens is 1. The van der Waals surface area contributed by atoms with Gasteiger partial charge in [-0.05, 0) is 35.6 Å². The monoisotopic (exact) mass is 453 g/mol. The summed E-state index contributed by atoms with van der Waals surface area (Å²) in [4.78, 5) is 12.7. The summed E-state index contributed by atoms with van der Waals surface area (Å²) < 4.78 is 10.6. The van der Waals surface area contributed by atoms with E-state index in [4.69, 9.17) is 9.26 Å². The minimum Gasteiger partial charge on any atom is -0.508 e. The lowest BCUT2D eigenvalue weighted by molar-refractivity contribution is 0.0947. The number of phenols is 2. The van der Waals surface area contributed by atoms with Gasteiger partial charge in [0, 0.05) is 32.8 Å². The van der Waals surface area contributed by atoms with Crippen molar-refractivity contribution >= 4 is 5.91 Å². The number of carbonyl (C=O) groups excluding carboxylic acids is 1. The lowest BCUT2D eigenvalue weighted by atomic mass is 9.94. The van der Waals surface area contributed by atoms with Crippen molar-refractivity contribution in [3.63, 3.8) is 0 Å². The zero-order valence-electron chi connectivity index (χ0n) is 19.4. The van der Waals surface area contributed by atoms with E-state index in [9.17, 15) is 15.0 Å². The van der Waals surface area contributed by atoms with Crippen LogP contribution in [0.25, 0.3) is 22.5 Å². The number of hydrogen-bond acceptors (Lipinski definition) is 7.